The van der Waals surface area contributed by atoms with Crippen molar-refractivity contribution >= 4 is 0 Å². The number of aliphatic hydroxyl groups is 2. The average molecular weight is 304 g/mol. The standard InChI is InChI=1S/C12H12F2N2O5/c13-4-1-3-12(14)9(19)7(6-17)21-10(12)16-5-2-8(18)15-11(16)20/h2,5,7,9-10,17,19H,4,6H2,(H,15,18,20)/t7-,9?,10-,12-/m1/s1/i6D2. The molecular weight excluding hydrogens is 290 g/mol. The molecule has 0 amide bonds. The van der Waals surface area contributed by atoms with E-state index >= 15 is 4.39 Å². The quantitative estimate of drug-likeness (QED) is 0.575. The minimum Gasteiger partial charge on any atom is -0.394 e. The van der Waals surface area contributed by atoms with Crippen LogP contribution in [0, 0.1) is 11.8 Å². The van der Waals surface area contributed by atoms with E-state index in [1.807, 2.05) is 4.98 Å². The Balaban J connectivity index is 2.59. The van der Waals surface area contributed by atoms with E-state index in [1.54, 1.807) is 11.8 Å². The molecule has 1 aromatic rings. The molecule has 4 atom stereocenters. The van der Waals surface area contributed by atoms with E-state index < -0.39 is 48.6 Å². The predicted octanol–water partition coefficient (Wildman–Crippen LogP) is -1.53. The molecule has 1 saturated heterocycles. The molecule has 9 heteroatoms. The van der Waals surface area contributed by atoms with Gasteiger partial charge in [0.05, 0.1) is 9.30 Å². The van der Waals surface area contributed by atoms with Crippen molar-refractivity contribution in [2.24, 2.45) is 0 Å². The lowest BCUT2D eigenvalue weighted by molar-refractivity contribution is -0.0543. The number of hydrogen-bond acceptors (Lipinski definition) is 5. The third-order valence-electron chi connectivity index (χ3n) is 2.93. The highest BCUT2D eigenvalue weighted by Gasteiger charge is 2.57. The lowest BCUT2D eigenvalue weighted by Crippen LogP contribution is -2.45. The maximum absolute atomic E-state index is 15.1. The van der Waals surface area contributed by atoms with Gasteiger partial charge in [0.25, 0.3) is 5.56 Å². The van der Waals surface area contributed by atoms with Crippen molar-refractivity contribution in [3.63, 3.8) is 0 Å². The third kappa shape index (κ3) is 2.61. The molecule has 2 heterocycles. The smallest absolute Gasteiger partial charge is 0.330 e. The molecule has 7 nitrogen and oxygen atoms in total. The topological polar surface area (TPSA) is 105 Å². The van der Waals surface area contributed by atoms with E-state index in [0.717, 1.165) is 12.3 Å². The van der Waals surface area contributed by atoms with E-state index in [4.69, 9.17) is 7.48 Å². The Morgan fingerprint density at radius 1 is 1.62 bits per heavy atom. The van der Waals surface area contributed by atoms with Crippen LogP contribution in [0.5, 0.6) is 0 Å². The summed E-state index contributed by atoms with van der Waals surface area (Å²) in [6, 6.07) is 0.862. The zero-order valence-electron chi connectivity index (χ0n) is 12.4. The Bertz CT molecular complexity index is 765. The number of ether oxygens (including phenoxy) is 1. The summed E-state index contributed by atoms with van der Waals surface area (Å²) in [5.41, 5.74) is -4.98. The summed E-state index contributed by atoms with van der Waals surface area (Å²) in [4.78, 5) is 24.6. The fourth-order valence-electron chi connectivity index (χ4n) is 1.96. The molecule has 0 saturated carbocycles. The second kappa shape index (κ2) is 5.77. The van der Waals surface area contributed by atoms with E-state index in [1.165, 1.54) is 0 Å². The SMILES string of the molecule is [2H]C([2H])(O)[C@H]1O[C@@H](n2ccc(=O)[nH]c2=O)[C@@](F)(C#CCF)C1O. The zero-order valence-corrected chi connectivity index (χ0v) is 10.4. The number of rotatable bonds is 2. The van der Waals surface area contributed by atoms with Crippen molar-refractivity contribution in [1.29, 1.82) is 0 Å². The Hall–Kier alpha value is -2.02. The van der Waals surface area contributed by atoms with Crippen LogP contribution in [0.25, 0.3) is 0 Å². The van der Waals surface area contributed by atoms with Gasteiger partial charge in [-0.15, -0.1) is 0 Å². The average Bonchev–Trinajstić information content (AvgIpc) is 2.70. The second-order valence-corrected chi connectivity index (χ2v) is 4.20. The van der Waals surface area contributed by atoms with Crippen LogP contribution >= 0.6 is 0 Å². The molecule has 1 fully saturated rings. The number of alkyl halides is 2. The second-order valence-electron chi connectivity index (χ2n) is 4.20. The van der Waals surface area contributed by atoms with Crippen molar-refractivity contribution < 1.29 is 26.5 Å². The molecule has 1 aromatic heterocycles. The summed E-state index contributed by atoms with van der Waals surface area (Å²) >= 11 is 0. The fraction of sp³-hybridized carbons (Fsp3) is 0.500. The number of H-pyrrole nitrogens is 1. The van der Waals surface area contributed by atoms with Crippen LogP contribution < -0.4 is 11.2 Å². The molecule has 0 bridgehead atoms. The number of aromatic amines is 1. The number of halogens is 2. The van der Waals surface area contributed by atoms with Gasteiger partial charge in [0, 0.05) is 12.3 Å². The fourth-order valence-corrected chi connectivity index (χ4v) is 1.96. The number of aromatic nitrogens is 2. The van der Waals surface area contributed by atoms with Gasteiger partial charge in [0.2, 0.25) is 5.67 Å². The molecule has 0 radical (unpaired) electrons. The van der Waals surface area contributed by atoms with Gasteiger partial charge in [0.1, 0.15) is 18.9 Å². The zero-order chi connectivity index (χ0) is 17.4. The van der Waals surface area contributed by atoms with Crippen LogP contribution in [0.15, 0.2) is 21.9 Å². The van der Waals surface area contributed by atoms with Crippen molar-refractivity contribution in [3.8, 4) is 11.8 Å². The van der Waals surface area contributed by atoms with Crippen molar-refractivity contribution in [1.82, 2.24) is 9.55 Å². The first-order valence-corrected chi connectivity index (χ1v) is 5.73. The summed E-state index contributed by atoms with van der Waals surface area (Å²) in [7, 11) is 0. The normalized spacial score (nSPS) is 33.8. The highest BCUT2D eigenvalue weighted by molar-refractivity contribution is 5.23. The van der Waals surface area contributed by atoms with Gasteiger partial charge in [0.15, 0.2) is 6.23 Å². The lowest BCUT2D eigenvalue weighted by atomic mass is 9.96. The maximum atomic E-state index is 15.1. The molecule has 2 rings (SSSR count). The summed E-state index contributed by atoms with van der Waals surface area (Å²) in [6.45, 7) is -4.42. The molecule has 0 aromatic carbocycles. The summed E-state index contributed by atoms with van der Waals surface area (Å²) in [5.74, 6) is 3.49. The Morgan fingerprint density at radius 3 is 2.90 bits per heavy atom. The molecule has 1 aliphatic rings. The van der Waals surface area contributed by atoms with E-state index in [-0.39, 0.29) is 0 Å². The van der Waals surface area contributed by atoms with Crippen molar-refractivity contribution in [2.45, 2.75) is 24.1 Å². The first-order chi connectivity index (χ1) is 10.6. The third-order valence-corrected chi connectivity index (χ3v) is 2.93. The molecule has 114 valence electrons. The summed E-state index contributed by atoms with van der Waals surface area (Å²) in [6.07, 6.45) is -5.57. The molecular formula is C12H12F2N2O5. The van der Waals surface area contributed by atoms with Crippen LogP contribution in [0.3, 0.4) is 0 Å². The highest BCUT2D eigenvalue weighted by Crippen LogP contribution is 2.40. The molecule has 0 aliphatic carbocycles. The monoisotopic (exact) mass is 304 g/mol. The van der Waals surface area contributed by atoms with Crippen LogP contribution in [-0.2, 0) is 4.74 Å². The first-order valence-electron chi connectivity index (χ1n) is 6.73. The van der Waals surface area contributed by atoms with Gasteiger partial charge >= 0.3 is 5.69 Å². The number of nitrogens with one attached hydrogen (secondary N) is 1. The molecule has 3 N–H and O–H groups in total. The van der Waals surface area contributed by atoms with Crippen LogP contribution in [0.4, 0.5) is 8.78 Å². The Morgan fingerprint density at radius 2 is 2.33 bits per heavy atom. The van der Waals surface area contributed by atoms with Gasteiger partial charge < -0.3 is 14.9 Å². The minimum atomic E-state index is -3.16. The van der Waals surface area contributed by atoms with E-state index in [2.05, 4.69) is 0 Å². The maximum Gasteiger partial charge on any atom is 0.330 e. The number of aliphatic hydroxyl groups excluding tert-OH is 1. The summed E-state index contributed by atoms with van der Waals surface area (Å²) in [5, 5.41) is 19.3. The number of hydrogen-bond donors (Lipinski definition) is 3. The van der Waals surface area contributed by atoms with E-state index in [9.17, 15) is 24.2 Å². The van der Waals surface area contributed by atoms with Crippen LogP contribution in [-0.4, -0.2) is 50.9 Å². The Labute approximate surface area is 119 Å². The van der Waals surface area contributed by atoms with Crippen LogP contribution in [0.1, 0.15) is 8.97 Å². The highest BCUT2D eigenvalue weighted by atomic mass is 19.1. The van der Waals surface area contributed by atoms with Gasteiger partial charge in [-0.2, -0.15) is 0 Å². The van der Waals surface area contributed by atoms with Gasteiger partial charge in [-0.3, -0.25) is 14.3 Å². The molecule has 1 aliphatic heterocycles. The van der Waals surface area contributed by atoms with Crippen LogP contribution in [0.2, 0.25) is 0 Å². The number of nitrogens with zero attached hydrogens (tertiary/aromatic N) is 1. The van der Waals surface area contributed by atoms with Crippen molar-refractivity contribution in [3.05, 3.63) is 33.1 Å². The van der Waals surface area contributed by atoms with Gasteiger partial charge in [-0.1, -0.05) is 11.8 Å². The first kappa shape index (κ1) is 12.7. The van der Waals surface area contributed by atoms with Crippen molar-refractivity contribution in [2.75, 3.05) is 13.2 Å². The Kier molecular flexibility index (Phi) is 3.49. The molecule has 1 unspecified atom stereocenters. The van der Waals surface area contributed by atoms with Gasteiger partial charge in [-0.25, -0.2) is 13.6 Å². The predicted molar refractivity (Wildman–Crippen MR) is 65.9 cm³/mol. The largest absolute Gasteiger partial charge is 0.394 e. The van der Waals surface area contributed by atoms with E-state index in [0.29, 0.717) is 4.57 Å². The van der Waals surface area contributed by atoms with Gasteiger partial charge in [-0.05, 0) is 0 Å². The minimum absolute atomic E-state index is 0.517. The lowest BCUT2D eigenvalue weighted by Gasteiger charge is -2.23. The molecule has 0 spiro atoms. The summed E-state index contributed by atoms with van der Waals surface area (Å²) < 4.78 is 47.0. The molecule has 21 heavy (non-hydrogen) atoms.